The van der Waals surface area contributed by atoms with Crippen molar-refractivity contribution in [3.63, 3.8) is 0 Å². The van der Waals surface area contributed by atoms with E-state index in [9.17, 15) is 4.79 Å². The predicted octanol–water partition coefficient (Wildman–Crippen LogP) is 6.55. The molecular formula is C28H28N2O3S. The lowest BCUT2D eigenvalue weighted by Crippen LogP contribution is -2.22. The zero-order valence-electron chi connectivity index (χ0n) is 19.6. The summed E-state index contributed by atoms with van der Waals surface area (Å²) in [5, 5.41) is 3.66. The summed E-state index contributed by atoms with van der Waals surface area (Å²) in [5.74, 6) is 0.895. The van der Waals surface area contributed by atoms with Crippen LogP contribution in [0.2, 0.25) is 0 Å². The van der Waals surface area contributed by atoms with E-state index in [2.05, 4.69) is 12.2 Å². The van der Waals surface area contributed by atoms with Gasteiger partial charge in [-0.15, -0.1) is 11.3 Å². The number of hydrogen-bond acceptors (Lipinski definition) is 5. The Hall–Kier alpha value is -3.64. The molecule has 0 bridgehead atoms. The first-order valence-electron chi connectivity index (χ1n) is 11.3. The number of nitrogens with zero attached hydrogens (tertiary/aromatic N) is 1. The van der Waals surface area contributed by atoms with E-state index in [0.29, 0.717) is 10.9 Å². The lowest BCUT2D eigenvalue weighted by molar-refractivity contribution is -0.116. The first-order chi connectivity index (χ1) is 16.6. The van der Waals surface area contributed by atoms with E-state index < -0.39 is 5.92 Å². The Balaban J connectivity index is 1.71. The molecule has 5 nitrogen and oxygen atoms in total. The summed E-state index contributed by atoms with van der Waals surface area (Å²) in [6.45, 7) is 2.13. The maximum Gasteiger partial charge on any atom is 0.238 e. The van der Waals surface area contributed by atoms with Crippen molar-refractivity contribution in [1.29, 1.82) is 0 Å². The Kier molecular flexibility index (Phi) is 7.60. The molecule has 1 amide bonds. The molecule has 0 aliphatic carbocycles. The third-order valence-electron chi connectivity index (χ3n) is 5.59. The topological polar surface area (TPSA) is 60.5 Å². The molecule has 6 heteroatoms. The maximum atomic E-state index is 13.6. The van der Waals surface area contributed by atoms with E-state index in [4.69, 9.17) is 14.5 Å². The van der Waals surface area contributed by atoms with Gasteiger partial charge in [0.1, 0.15) is 11.5 Å². The summed E-state index contributed by atoms with van der Waals surface area (Å²) in [4.78, 5) is 19.5. The number of carbonyl (C=O) groups is 1. The highest BCUT2D eigenvalue weighted by molar-refractivity contribution is 7.16. The molecule has 0 radical (unpaired) electrons. The second kappa shape index (κ2) is 11.0. The molecule has 0 aliphatic rings. The van der Waals surface area contributed by atoms with Crippen LogP contribution in [0.3, 0.4) is 0 Å². The molecule has 0 atom stereocenters. The van der Waals surface area contributed by atoms with Crippen molar-refractivity contribution < 1.29 is 14.3 Å². The first-order valence-corrected chi connectivity index (χ1v) is 12.1. The molecule has 34 heavy (non-hydrogen) atoms. The molecule has 174 valence electrons. The third kappa shape index (κ3) is 5.13. The SMILES string of the molecule is CCCc1sc(NC(=O)C(c2ccccc2)c2ccccc2)nc1-c1cc(OC)ccc1OC. The molecule has 0 unspecified atom stereocenters. The smallest absolute Gasteiger partial charge is 0.238 e. The van der Waals surface area contributed by atoms with Crippen LogP contribution in [-0.4, -0.2) is 25.1 Å². The van der Waals surface area contributed by atoms with Crippen molar-refractivity contribution in [3.8, 4) is 22.8 Å². The molecule has 4 aromatic rings. The van der Waals surface area contributed by atoms with E-state index in [1.165, 1.54) is 11.3 Å². The highest BCUT2D eigenvalue weighted by atomic mass is 32.1. The molecule has 1 heterocycles. The van der Waals surface area contributed by atoms with Gasteiger partial charge >= 0.3 is 0 Å². The van der Waals surface area contributed by atoms with Gasteiger partial charge < -0.3 is 14.8 Å². The number of benzene rings is 3. The molecule has 4 rings (SSSR count). The van der Waals surface area contributed by atoms with Gasteiger partial charge in [0.25, 0.3) is 0 Å². The van der Waals surface area contributed by atoms with Gasteiger partial charge in [-0.3, -0.25) is 4.79 Å². The summed E-state index contributed by atoms with van der Waals surface area (Å²) in [6.07, 6.45) is 1.82. The standard InChI is InChI=1S/C28H28N2O3S/c1-4-11-24-26(22-18-21(32-2)16-17-23(22)33-3)29-28(34-24)30-27(31)25(19-12-7-5-8-13-19)20-14-9-6-10-15-20/h5-10,12-18,25H,4,11H2,1-3H3,(H,29,30,31). The number of nitrogens with one attached hydrogen (secondary N) is 1. The Labute approximate surface area is 204 Å². The largest absolute Gasteiger partial charge is 0.497 e. The highest BCUT2D eigenvalue weighted by Gasteiger charge is 2.25. The first kappa shape index (κ1) is 23.5. The minimum Gasteiger partial charge on any atom is -0.497 e. The van der Waals surface area contributed by atoms with Crippen molar-refractivity contribution in [2.45, 2.75) is 25.7 Å². The number of aryl methyl sites for hydroxylation is 1. The van der Waals surface area contributed by atoms with Gasteiger partial charge in [0, 0.05) is 10.4 Å². The summed E-state index contributed by atoms with van der Waals surface area (Å²) < 4.78 is 11.0. The highest BCUT2D eigenvalue weighted by Crippen LogP contribution is 2.39. The van der Waals surface area contributed by atoms with Crippen LogP contribution in [0.4, 0.5) is 5.13 Å². The fraction of sp³-hybridized carbons (Fsp3) is 0.214. The van der Waals surface area contributed by atoms with Crippen molar-refractivity contribution in [2.75, 3.05) is 19.5 Å². The zero-order chi connectivity index (χ0) is 23.9. The Morgan fingerprint density at radius 1 is 0.941 bits per heavy atom. The van der Waals surface area contributed by atoms with Crippen LogP contribution in [0.15, 0.2) is 78.9 Å². The number of amides is 1. The molecular weight excluding hydrogens is 444 g/mol. The normalized spacial score (nSPS) is 10.8. The van der Waals surface area contributed by atoms with E-state index >= 15 is 0 Å². The van der Waals surface area contributed by atoms with Crippen molar-refractivity contribution >= 4 is 22.4 Å². The van der Waals surface area contributed by atoms with Crippen LogP contribution in [0.1, 0.15) is 35.3 Å². The fourth-order valence-corrected chi connectivity index (χ4v) is 5.06. The number of hydrogen-bond donors (Lipinski definition) is 1. The number of methoxy groups -OCH3 is 2. The number of rotatable bonds is 9. The summed E-state index contributed by atoms with van der Waals surface area (Å²) >= 11 is 1.51. The second-order valence-corrected chi connectivity index (χ2v) is 8.93. The van der Waals surface area contributed by atoms with E-state index in [1.807, 2.05) is 78.9 Å². The summed E-state index contributed by atoms with van der Waals surface area (Å²) in [7, 11) is 3.28. The number of thiazole rings is 1. The molecule has 0 saturated carbocycles. The average Bonchev–Trinajstić information content (AvgIpc) is 3.27. The monoisotopic (exact) mass is 472 g/mol. The molecule has 3 aromatic carbocycles. The van der Waals surface area contributed by atoms with Crippen LogP contribution in [-0.2, 0) is 11.2 Å². The summed E-state index contributed by atoms with van der Waals surface area (Å²) in [5.41, 5.74) is 3.54. The van der Waals surface area contributed by atoms with Crippen molar-refractivity contribution in [1.82, 2.24) is 4.98 Å². The van der Waals surface area contributed by atoms with Crippen LogP contribution in [0.5, 0.6) is 11.5 Å². The van der Waals surface area contributed by atoms with Crippen molar-refractivity contribution in [3.05, 3.63) is 94.9 Å². The Morgan fingerprint density at radius 3 is 2.15 bits per heavy atom. The van der Waals surface area contributed by atoms with Gasteiger partial charge in [0.15, 0.2) is 5.13 Å². The lowest BCUT2D eigenvalue weighted by Gasteiger charge is -2.17. The Bertz CT molecular complexity index is 1200. The third-order valence-corrected chi connectivity index (χ3v) is 6.62. The number of ether oxygens (including phenoxy) is 2. The van der Waals surface area contributed by atoms with Gasteiger partial charge in [0.2, 0.25) is 5.91 Å². The number of aromatic nitrogens is 1. The van der Waals surface area contributed by atoms with Gasteiger partial charge in [-0.2, -0.15) is 0 Å². The average molecular weight is 473 g/mol. The minimum absolute atomic E-state index is 0.113. The van der Waals surface area contributed by atoms with Crippen LogP contribution < -0.4 is 14.8 Å². The minimum atomic E-state index is -0.435. The number of carbonyl (C=O) groups excluding carboxylic acids is 1. The van der Waals surface area contributed by atoms with E-state index in [1.54, 1.807) is 14.2 Å². The molecule has 1 aromatic heterocycles. The molecule has 0 saturated heterocycles. The van der Waals surface area contributed by atoms with Crippen LogP contribution in [0, 0.1) is 0 Å². The van der Waals surface area contributed by atoms with Gasteiger partial charge in [-0.05, 0) is 35.7 Å². The van der Waals surface area contributed by atoms with Gasteiger partial charge in [0.05, 0.1) is 25.8 Å². The Morgan fingerprint density at radius 2 is 1.59 bits per heavy atom. The number of anilines is 1. The quantitative estimate of drug-likeness (QED) is 0.300. The van der Waals surface area contributed by atoms with E-state index in [-0.39, 0.29) is 5.91 Å². The van der Waals surface area contributed by atoms with Gasteiger partial charge in [-0.25, -0.2) is 4.98 Å². The molecule has 0 fully saturated rings. The van der Waals surface area contributed by atoms with Gasteiger partial charge in [-0.1, -0.05) is 74.0 Å². The molecule has 0 spiro atoms. The summed E-state index contributed by atoms with van der Waals surface area (Å²) in [6, 6.07) is 25.3. The van der Waals surface area contributed by atoms with Crippen LogP contribution >= 0.6 is 11.3 Å². The van der Waals surface area contributed by atoms with E-state index in [0.717, 1.165) is 45.9 Å². The van der Waals surface area contributed by atoms with Crippen molar-refractivity contribution in [2.24, 2.45) is 0 Å². The zero-order valence-corrected chi connectivity index (χ0v) is 20.4. The molecule has 1 N–H and O–H groups in total. The second-order valence-electron chi connectivity index (χ2n) is 7.85. The van der Waals surface area contributed by atoms with Crippen LogP contribution in [0.25, 0.3) is 11.3 Å². The lowest BCUT2D eigenvalue weighted by atomic mass is 9.90. The fourth-order valence-electron chi connectivity index (χ4n) is 3.98. The molecule has 0 aliphatic heterocycles. The maximum absolute atomic E-state index is 13.6. The predicted molar refractivity (Wildman–Crippen MR) is 138 cm³/mol.